The number of nitrogens with two attached hydrogens (primary N) is 1. The smallest absolute Gasteiger partial charge is 0.270 e. The van der Waals surface area contributed by atoms with Crippen LogP contribution in [0.25, 0.3) is 10.9 Å². The van der Waals surface area contributed by atoms with Crippen molar-refractivity contribution < 1.29 is 17.9 Å². The van der Waals surface area contributed by atoms with Gasteiger partial charge in [0.2, 0.25) is 0 Å². The van der Waals surface area contributed by atoms with Gasteiger partial charge >= 0.3 is 0 Å². The SMILES string of the molecule is CN(C)C(=O)c1c(Cc2ccc(S(=O)[O-])cc2)c2ccccc2n1C/C(F)=C/CN. The Kier molecular flexibility index (Phi) is 6.81. The summed E-state index contributed by atoms with van der Waals surface area (Å²) in [6.07, 6.45) is 1.69. The molecular formula is C22H23FN3O3S-. The molecule has 0 radical (unpaired) electrons. The first-order chi connectivity index (χ1) is 14.3. The average Bonchev–Trinajstić information content (AvgIpc) is 3.01. The van der Waals surface area contributed by atoms with Gasteiger partial charge in [0.05, 0.1) is 6.54 Å². The Morgan fingerprint density at radius 3 is 2.47 bits per heavy atom. The normalized spacial score (nSPS) is 12.9. The summed E-state index contributed by atoms with van der Waals surface area (Å²) in [4.78, 5) is 14.7. The number of halogens is 1. The van der Waals surface area contributed by atoms with Crippen LogP contribution in [0.3, 0.4) is 0 Å². The molecule has 30 heavy (non-hydrogen) atoms. The number of carbonyl (C=O) groups is 1. The molecule has 0 fully saturated rings. The fraction of sp³-hybridized carbons (Fsp3) is 0.227. The van der Waals surface area contributed by atoms with E-state index in [2.05, 4.69) is 0 Å². The lowest BCUT2D eigenvalue weighted by Gasteiger charge is -2.16. The predicted molar refractivity (Wildman–Crippen MR) is 115 cm³/mol. The number of nitrogens with zero attached hydrogens (tertiary/aromatic N) is 2. The van der Waals surface area contributed by atoms with Crippen LogP contribution in [-0.2, 0) is 24.0 Å². The maximum absolute atomic E-state index is 14.4. The van der Waals surface area contributed by atoms with E-state index in [1.54, 1.807) is 30.8 Å². The number of aromatic nitrogens is 1. The molecule has 1 aromatic heterocycles. The highest BCUT2D eigenvalue weighted by Gasteiger charge is 2.24. The summed E-state index contributed by atoms with van der Waals surface area (Å²) in [7, 11) is 3.30. The summed E-state index contributed by atoms with van der Waals surface area (Å²) in [5.74, 6) is -0.654. The van der Waals surface area contributed by atoms with Crippen LogP contribution >= 0.6 is 0 Å². The van der Waals surface area contributed by atoms with Crippen molar-refractivity contribution in [2.24, 2.45) is 5.73 Å². The lowest BCUT2D eigenvalue weighted by Crippen LogP contribution is -2.26. The number of fused-ring (bicyclic) bond motifs is 1. The van der Waals surface area contributed by atoms with Crippen molar-refractivity contribution in [2.75, 3.05) is 20.6 Å². The van der Waals surface area contributed by atoms with Gasteiger partial charge < -0.3 is 19.8 Å². The molecule has 0 aliphatic heterocycles. The number of benzene rings is 2. The lowest BCUT2D eigenvalue weighted by molar-refractivity contribution is 0.0817. The van der Waals surface area contributed by atoms with E-state index in [1.165, 1.54) is 23.1 Å². The standard InChI is InChI=1S/C22H24FN3O3S/c1-25(2)22(27)21-19(13-15-7-9-17(10-8-15)30(28)29)18-5-3-4-6-20(18)26(21)14-16(23)11-12-24/h3-11H,12-14,24H2,1-2H3,(H,28,29)/p-1/b16-11-. The second-order valence-corrected chi connectivity index (χ2v) is 8.01. The molecule has 8 heteroatoms. The molecule has 0 aliphatic rings. The first-order valence-electron chi connectivity index (χ1n) is 9.38. The van der Waals surface area contributed by atoms with E-state index in [9.17, 15) is 17.9 Å². The van der Waals surface area contributed by atoms with Crippen LogP contribution < -0.4 is 5.73 Å². The zero-order chi connectivity index (χ0) is 21.8. The highest BCUT2D eigenvalue weighted by Crippen LogP contribution is 2.30. The fourth-order valence-electron chi connectivity index (χ4n) is 3.44. The number of para-hydroxylation sites is 1. The topological polar surface area (TPSA) is 91.4 Å². The van der Waals surface area contributed by atoms with Gasteiger partial charge in [-0.25, -0.2) is 4.39 Å². The highest BCUT2D eigenvalue weighted by atomic mass is 32.2. The van der Waals surface area contributed by atoms with Crippen molar-refractivity contribution in [3.8, 4) is 0 Å². The first-order valence-corrected chi connectivity index (χ1v) is 10.5. The van der Waals surface area contributed by atoms with Crippen LogP contribution in [0.4, 0.5) is 4.39 Å². The number of carbonyl (C=O) groups excluding carboxylic acids is 1. The minimum absolute atomic E-state index is 0.0717. The summed E-state index contributed by atoms with van der Waals surface area (Å²) in [6, 6.07) is 13.9. The van der Waals surface area contributed by atoms with E-state index >= 15 is 0 Å². The maximum atomic E-state index is 14.4. The Morgan fingerprint density at radius 1 is 1.20 bits per heavy atom. The van der Waals surface area contributed by atoms with Crippen LogP contribution in [-0.4, -0.2) is 44.8 Å². The molecule has 3 aromatic rings. The van der Waals surface area contributed by atoms with E-state index in [4.69, 9.17) is 5.73 Å². The second-order valence-electron chi connectivity index (χ2n) is 7.07. The van der Waals surface area contributed by atoms with Gasteiger partial charge in [-0.2, -0.15) is 0 Å². The highest BCUT2D eigenvalue weighted by molar-refractivity contribution is 7.79. The average molecular weight is 429 g/mol. The Hall–Kier alpha value is -2.81. The van der Waals surface area contributed by atoms with Crippen LogP contribution in [0.1, 0.15) is 21.6 Å². The van der Waals surface area contributed by atoms with Crippen LogP contribution in [0.15, 0.2) is 65.3 Å². The molecule has 1 unspecified atom stereocenters. The molecule has 0 spiro atoms. The predicted octanol–water partition coefficient (Wildman–Crippen LogP) is 2.98. The molecule has 0 bridgehead atoms. The number of allylic oxidation sites excluding steroid dienone is 1. The van der Waals surface area contributed by atoms with Crippen molar-refractivity contribution >= 4 is 27.9 Å². The van der Waals surface area contributed by atoms with Gasteiger partial charge in [-0.1, -0.05) is 30.3 Å². The monoisotopic (exact) mass is 428 g/mol. The molecule has 1 heterocycles. The van der Waals surface area contributed by atoms with E-state index < -0.39 is 16.9 Å². The van der Waals surface area contributed by atoms with Crippen LogP contribution in [0.2, 0.25) is 0 Å². The van der Waals surface area contributed by atoms with Crippen molar-refractivity contribution in [1.29, 1.82) is 0 Å². The summed E-state index contributed by atoms with van der Waals surface area (Å²) >= 11 is -2.30. The van der Waals surface area contributed by atoms with E-state index in [0.717, 1.165) is 22.0 Å². The summed E-state index contributed by atoms with van der Waals surface area (Å²) in [6.45, 7) is -0.0248. The third kappa shape index (κ3) is 4.51. The summed E-state index contributed by atoms with van der Waals surface area (Å²) < 4.78 is 38.3. The van der Waals surface area contributed by atoms with Gasteiger partial charge in [0.25, 0.3) is 5.91 Å². The minimum Gasteiger partial charge on any atom is -0.768 e. The lowest BCUT2D eigenvalue weighted by atomic mass is 10.0. The van der Waals surface area contributed by atoms with Crippen LogP contribution in [0, 0.1) is 0 Å². The van der Waals surface area contributed by atoms with Gasteiger partial charge in [0, 0.05) is 42.9 Å². The third-order valence-corrected chi connectivity index (χ3v) is 5.49. The molecule has 2 aromatic carbocycles. The van der Waals surface area contributed by atoms with E-state index in [-0.39, 0.29) is 23.9 Å². The number of rotatable bonds is 7. The second kappa shape index (κ2) is 9.34. The molecule has 6 nitrogen and oxygen atoms in total. The molecule has 0 aliphatic carbocycles. The van der Waals surface area contributed by atoms with Gasteiger partial charge in [-0.3, -0.25) is 9.00 Å². The van der Waals surface area contributed by atoms with Crippen molar-refractivity contribution in [3.63, 3.8) is 0 Å². The van der Waals surface area contributed by atoms with Gasteiger partial charge in [-0.15, -0.1) is 0 Å². The van der Waals surface area contributed by atoms with Crippen molar-refractivity contribution in [3.05, 3.63) is 77.3 Å². The minimum atomic E-state index is -2.30. The molecule has 3 rings (SSSR count). The Balaban J connectivity index is 2.18. The zero-order valence-corrected chi connectivity index (χ0v) is 17.6. The molecule has 0 saturated heterocycles. The summed E-state index contributed by atoms with van der Waals surface area (Å²) in [5, 5.41) is 0.847. The van der Waals surface area contributed by atoms with Crippen molar-refractivity contribution in [2.45, 2.75) is 17.9 Å². The maximum Gasteiger partial charge on any atom is 0.270 e. The Labute approximate surface area is 177 Å². The fourth-order valence-corrected chi connectivity index (χ4v) is 3.80. The first kappa shape index (κ1) is 21.9. The zero-order valence-electron chi connectivity index (χ0n) is 16.8. The quantitative estimate of drug-likeness (QED) is 0.586. The van der Waals surface area contributed by atoms with Gasteiger partial charge in [-0.05, 0) is 46.5 Å². The number of hydrogen-bond acceptors (Lipinski definition) is 4. The molecule has 158 valence electrons. The molecule has 2 N–H and O–H groups in total. The number of amides is 1. The molecule has 1 atom stereocenters. The van der Waals surface area contributed by atoms with Crippen molar-refractivity contribution in [1.82, 2.24) is 9.47 Å². The van der Waals surface area contributed by atoms with Gasteiger partial charge in [0.1, 0.15) is 11.5 Å². The third-order valence-electron chi connectivity index (χ3n) is 4.83. The van der Waals surface area contributed by atoms with E-state index in [0.29, 0.717) is 12.1 Å². The van der Waals surface area contributed by atoms with Gasteiger partial charge in [0.15, 0.2) is 0 Å². The molecular weight excluding hydrogens is 405 g/mol. The summed E-state index contributed by atoms with van der Waals surface area (Å²) in [5.41, 5.74) is 8.19. The molecule has 0 saturated carbocycles. The van der Waals surface area contributed by atoms with Crippen LogP contribution in [0.5, 0.6) is 0 Å². The van der Waals surface area contributed by atoms with E-state index in [1.807, 2.05) is 24.3 Å². The number of hydrogen-bond donors (Lipinski definition) is 1. The Morgan fingerprint density at radius 2 is 1.87 bits per heavy atom. The Bertz CT molecular complexity index is 1120. The largest absolute Gasteiger partial charge is 0.768 e. The molecule has 1 amide bonds.